The van der Waals surface area contributed by atoms with Crippen molar-refractivity contribution >= 4 is 23.3 Å². The van der Waals surface area contributed by atoms with E-state index in [9.17, 15) is 0 Å². The van der Waals surface area contributed by atoms with Crippen LogP contribution in [0, 0.1) is 5.41 Å². The maximum absolute atomic E-state index is 8.71. The largest absolute Gasteiger partial charge is 0.762 e. The average Bonchev–Trinajstić information content (AvgIpc) is 2.44. The number of hydrogen-bond donors (Lipinski definition) is 1. The molecule has 0 unspecified atom stereocenters. The van der Waals surface area contributed by atoms with E-state index in [0.29, 0.717) is 10.6 Å². The number of rotatable bonds is 0. The lowest BCUT2D eigenvalue weighted by molar-refractivity contribution is 0.712. The maximum Gasteiger partial charge on any atom is 0.0779 e. The van der Waals surface area contributed by atoms with Gasteiger partial charge in [-0.05, 0) is 36.2 Å². The van der Waals surface area contributed by atoms with Crippen molar-refractivity contribution in [2.75, 3.05) is 0 Å². The van der Waals surface area contributed by atoms with Gasteiger partial charge in [0.1, 0.15) is 0 Å². The summed E-state index contributed by atoms with van der Waals surface area (Å²) in [5.74, 6) is 2.08. The summed E-state index contributed by atoms with van der Waals surface area (Å²) >= 11 is 1.51. The Morgan fingerprint density at radius 1 is 1.33 bits per heavy atom. The van der Waals surface area contributed by atoms with E-state index in [-0.39, 0.29) is 0 Å². The second kappa shape index (κ2) is 2.92. The van der Waals surface area contributed by atoms with Gasteiger partial charge in [0, 0.05) is 0 Å². The van der Waals surface area contributed by atoms with Gasteiger partial charge in [-0.15, -0.1) is 0 Å². The summed E-state index contributed by atoms with van der Waals surface area (Å²) in [7, 11) is 0. The first kappa shape index (κ1) is 7.84. The van der Waals surface area contributed by atoms with E-state index in [1.807, 2.05) is 0 Å². The van der Waals surface area contributed by atoms with Crippen molar-refractivity contribution in [1.82, 2.24) is 0 Å². The van der Waals surface area contributed by atoms with E-state index < -0.39 is 0 Å². The molecule has 0 amide bonds. The van der Waals surface area contributed by atoms with Crippen molar-refractivity contribution in [2.24, 2.45) is 0 Å². The van der Waals surface area contributed by atoms with Gasteiger partial charge in [-0.3, -0.25) is 11.3 Å². The topological polar surface area (TPSA) is 46.2 Å². The summed E-state index contributed by atoms with van der Waals surface area (Å²) < 4.78 is 0. The van der Waals surface area contributed by atoms with E-state index in [1.54, 1.807) is 0 Å². The molecule has 2 rings (SSSR count). The Morgan fingerprint density at radius 2 is 2.08 bits per heavy atom. The molecule has 1 aliphatic heterocycles. The van der Waals surface area contributed by atoms with Crippen LogP contribution in [0.4, 0.5) is 0 Å². The standard InChI is InChI=1S/C9H9N2S/c10-5-8-9(11)6-3-1-2-4-7(6)12-8/h11H,1-4H2/q-1. The minimum atomic E-state index is 0.497. The van der Waals surface area contributed by atoms with Crippen LogP contribution in [0.15, 0.2) is 15.4 Å². The summed E-state index contributed by atoms with van der Waals surface area (Å²) in [6, 6.07) is 0. The van der Waals surface area contributed by atoms with Gasteiger partial charge in [-0.2, -0.15) is 0 Å². The van der Waals surface area contributed by atoms with Crippen LogP contribution in [0.25, 0.3) is 5.41 Å². The van der Waals surface area contributed by atoms with Gasteiger partial charge in [0.15, 0.2) is 0 Å². The summed E-state index contributed by atoms with van der Waals surface area (Å²) in [6.07, 6.45) is 4.48. The molecule has 0 atom stereocenters. The lowest BCUT2D eigenvalue weighted by atomic mass is 9.96. The molecule has 0 fully saturated rings. The number of thioether (sulfide) groups is 1. The zero-order valence-electron chi connectivity index (χ0n) is 6.68. The smallest absolute Gasteiger partial charge is 0.0779 e. The third-order valence-electron chi connectivity index (χ3n) is 2.27. The molecule has 2 aliphatic rings. The van der Waals surface area contributed by atoms with E-state index >= 15 is 0 Å². The van der Waals surface area contributed by atoms with Crippen LogP contribution in [0.5, 0.6) is 0 Å². The molecular weight excluding hydrogens is 168 g/mol. The van der Waals surface area contributed by atoms with Crippen LogP contribution in [0.3, 0.4) is 0 Å². The molecule has 0 saturated heterocycles. The molecule has 1 N–H and O–H groups in total. The molecule has 0 aromatic heterocycles. The molecule has 62 valence electrons. The minimum absolute atomic E-state index is 0.497. The molecule has 0 bridgehead atoms. The Bertz CT molecular complexity index is 321. The molecule has 3 heteroatoms. The highest BCUT2D eigenvalue weighted by molar-refractivity contribution is 8.08. The SMILES string of the molecule is [N-]=C=C1SC2=C(CCCC2)C1=N. The fourth-order valence-electron chi connectivity index (χ4n) is 1.64. The molecule has 1 aliphatic carbocycles. The normalized spacial score (nSPS) is 22.7. The maximum atomic E-state index is 8.71. The highest BCUT2D eigenvalue weighted by atomic mass is 32.2. The Kier molecular flexibility index (Phi) is 1.91. The average molecular weight is 177 g/mol. The highest BCUT2D eigenvalue weighted by Crippen LogP contribution is 2.44. The molecule has 2 nitrogen and oxygen atoms in total. The van der Waals surface area contributed by atoms with Crippen molar-refractivity contribution < 1.29 is 0 Å². The number of allylic oxidation sites excluding steroid dienone is 3. The molecule has 1 heterocycles. The van der Waals surface area contributed by atoms with E-state index in [4.69, 9.17) is 10.8 Å². The summed E-state index contributed by atoms with van der Waals surface area (Å²) in [4.78, 5) is 1.88. The van der Waals surface area contributed by atoms with Gasteiger partial charge in [-0.1, -0.05) is 11.8 Å². The van der Waals surface area contributed by atoms with Gasteiger partial charge in [0.05, 0.1) is 10.6 Å². The van der Waals surface area contributed by atoms with Crippen molar-refractivity contribution in [1.29, 1.82) is 5.41 Å². The molecule has 0 spiro atoms. The molecule has 12 heavy (non-hydrogen) atoms. The second-order valence-electron chi connectivity index (χ2n) is 3.03. The summed E-state index contributed by atoms with van der Waals surface area (Å²) in [6.45, 7) is 0. The molecule has 0 aromatic rings. The fourth-order valence-corrected chi connectivity index (χ4v) is 2.74. The van der Waals surface area contributed by atoms with Crippen LogP contribution in [0.2, 0.25) is 0 Å². The van der Waals surface area contributed by atoms with Crippen molar-refractivity contribution in [3.63, 3.8) is 0 Å². The summed E-state index contributed by atoms with van der Waals surface area (Å²) in [5, 5.41) is 16.4. The molecule has 0 saturated carbocycles. The predicted molar refractivity (Wildman–Crippen MR) is 52.7 cm³/mol. The lowest BCUT2D eigenvalue weighted by Gasteiger charge is -2.10. The quantitative estimate of drug-likeness (QED) is 0.568. The Balaban J connectivity index is 2.38. The van der Waals surface area contributed by atoms with Crippen LogP contribution >= 0.6 is 11.8 Å². The van der Waals surface area contributed by atoms with Crippen LogP contribution < -0.4 is 0 Å². The predicted octanol–water partition coefficient (Wildman–Crippen LogP) is 2.70. The zero-order chi connectivity index (χ0) is 8.55. The van der Waals surface area contributed by atoms with Crippen molar-refractivity contribution in [2.45, 2.75) is 25.7 Å². The first-order valence-corrected chi connectivity index (χ1v) is 4.91. The van der Waals surface area contributed by atoms with Crippen LogP contribution in [0.1, 0.15) is 25.7 Å². The van der Waals surface area contributed by atoms with Gasteiger partial charge in [-0.25, -0.2) is 0 Å². The zero-order valence-corrected chi connectivity index (χ0v) is 7.50. The molecular formula is C9H9N2S-. The first-order chi connectivity index (χ1) is 5.83. The Hall–Kier alpha value is -0.790. The number of hydrogen-bond acceptors (Lipinski definition) is 2. The second-order valence-corrected chi connectivity index (χ2v) is 4.13. The van der Waals surface area contributed by atoms with E-state index in [0.717, 1.165) is 18.4 Å². The van der Waals surface area contributed by atoms with Crippen LogP contribution in [-0.2, 0) is 0 Å². The third kappa shape index (κ3) is 1.06. The van der Waals surface area contributed by atoms with Gasteiger partial charge >= 0.3 is 0 Å². The van der Waals surface area contributed by atoms with Crippen molar-refractivity contribution in [3.05, 3.63) is 20.8 Å². The Labute approximate surface area is 75.8 Å². The lowest BCUT2D eigenvalue weighted by Crippen LogP contribution is -2.01. The Morgan fingerprint density at radius 3 is 2.75 bits per heavy atom. The molecule has 0 aromatic carbocycles. The molecule has 0 radical (unpaired) electrons. The first-order valence-electron chi connectivity index (χ1n) is 4.09. The number of nitrogens with one attached hydrogen (secondary N) is 1. The van der Waals surface area contributed by atoms with Gasteiger partial charge in [0.25, 0.3) is 0 Å². The summed E-state index contributed by atoms with van der Waals surface area (Å²) in [5.41, 5.74) is 1.64. The fraction of sp³-hybridized carbons (Fsp3) is 0.444. The minimum Gasteiger partial charge on any atom is -0.762 e. The third-order valence-corrected chi connectivity index (χ3v) is 3.47. The number of nitrogens with zero attached hydrogens (tertiary/aromatic N) is 1. The van der Waals surface area contributed by atoms with Crippen LogP contribution in [-0.4, -0.2) is 11.6 Å². The van der Waals surface area contributed by atoms with E-state index in [1.165, 1.54) is 29.5 Å². The van der Waals surface area contributed by atoms with E-state index in [2.05, 4.69) is 5.87 Å². The van der Waals surface area contributed by atoms with Gasteiger partial charge in [0.2, 0.25) is 0 Å². The van der Waals surface area contributed by atoms with Gasteiger partial charge < -0.3 is 5.41 Å². The monoisotopic (exact) mass is 177 g/mol. The highest BCUT2D eigenvalue weighted by Gasteiger charge is 2.26. The van der Waals surface area contributed by atoms with Crippen molar-refractivity contribution in [3.8, 4) is 0 Å².